The quantitative estimate of drug-likeness (QED) is 0.680. The molecule has 2 rings (SSSR count). The molecule has 90 valence electrons. The van der Waals surface area contributed by atoms with Crippen molar-refractivity contribution in [2.24, 2.45) is 5.92 Å². The Balaban J connectivity index is 1.93. The van der Waals surface area contributed by atoms with E-state index in [0.29, 0.717) is 18.9 Å². The van der Waals surface area contributed by atoms with Gasteiger partial charge in [0, 0.05) is 6.54 Å². The Morgan fingerprint density at radius 3 is 2.81 bits per heavy atom. The number of amides is 3. The first-order valence-electron chi connectivity index (χ1n) is 6.05. The number of carbonyl (C=O) groups excluding carboxylic acids is 2. The summed E-state index contributed by atoms with van der Waals surface area (Å²) in [5.41, 5.74) is 0. The molecule has 2 aliphatic heterocycles. The van der Waals surface area contributed by atoms with Gasteiger partial charge in [0.2, 0.25) is 0 Å². The van der Waals surface area contributed by atoms with Crippen LogP contribution < -0.4 is 10.6 Å². The van der Waals surface area contributed by atoms with E-state index in [1.54, 1.807) is 0 Å². The molecule has 0 aromatic carbocycles. The van der Waals surface area contributed by atoms with Gasteiger partial charge in [-0.15, -0.1) is 0 Å². The van der Waals surface area contributed by atoms with Crippen LogP contribution in [0.4, 0.5) is 4.79 Å². The van der Waals surface area contributed by atoms with Gasteiger partial charge < -0.3 is 10.6 Å². The fraction of sp³-hybridized carbons (Fsp3) is 0.818. The van der Waals surface area contributed by atoms with Crippen LogP contribution >= 0.6 is 0 Å². The van der Waals surface area contributed by atoms with E-state index in [-0.39, 0.29) is 18.0 Å². The summed E-state index contributed by atoms with van der Waals surface area (Å²) >= 11 is 0. The lowest BCUT2D eigenvalue weighted by Crippen LogP contribution is -2.41. The number of nitrogens with one attached hydrogen (secondary N) is 2. The molecule has 2 atom stereocenters. The van der Waals surface area contributed by atoms with Crippen molar-refractivity contribution in [3.8, 4) is 0 Å². The van der Waals surface area contributed by atoms with E-state index >= 15 is 0 Å². The highest BCUT2D eigenvalue weighted by molar-refractivity contribution is 6.04. The lowest BCUT2D eigenvalue weighted by molar-refractivity contribution is -0.128. The molecule has 5 nitrogen and oxygen atoms in total. The Labute approximate surface area is 95.6 Å². The van der Waals surface area contributed by atoms with E-state index < -0.39 is 0 Å². The number of urea groups is 1. The van der Waals surface area contributed by atoms with Crippen molar-refractivity contribution >= 4 is 11.9 Å². The summed E-state index contributed by atoms with van der Waals surface area (Å²) in [7, 11) is 0. The van der Waals surface area contributed by atoms with Gasteiger partial charge in [0.25, 0.3) is 5.91 Å². The molecule has 0 radical (unpaired) electrons. The van der Waals surface area contributed by atoms with Crippen LogP contribution in [-0.4, -0.2) is 42.5 Å². The number of carbonyl (C=O) groups is 2. The highest BCUT2D eigenvalue weighted by Crippen LogP contribution is 2.16. The molecule has 0 spiro atoms. The van der Waals surface area contributed by atoms with Crippen LogP contribution in [0.2, 0.25) is 0 Å². The van der Waals surface area contributed by atoms with E-state index in [1.807, 2.05) is 6.92 Å². The molecule has 0 saturated carbocycles. The van der Waals surface area contributed by atoms with E-state index in [9.17, 15) is 9.59 Å². The summed E-state index contributed by atoms with van der Waals surface area (Å²) in [6, 6.07) is -0.522. The molecule has 2 heterocycles. The zero-order valence-electron chi connectivity index (χ0n) is 9.66. The fourth-order valence-electron chi connectivity index (χ4n) is 2.36. The number of nitrogens with zero attached hydrogens (tertiary/aromatic N) is 1. The monoisotopic (exact) mass is 225 g/mol. The van der Waals surface area contributed by atoms with Gasteiger partial charge in [0.15, 0.2) is 0 Å². The van der Waals surface area contributed by atoms with Crippen molar-refractivity contribution in [1.29, 1.82) is 0 Å². The molecule has 0 aromatic heterocycles. The average molecular weight is 225 g/mol. The molecular weight excluding hydrogens is 206 g/mol. The third kappa shape index (κ3) is 2.19. The maximum Gasteiger partial charge on any atom is 0.324 e. The molecule has 3 amide bonds. The third-order valence-electron chi connectivity index (χ3n) is 3.35. The molecule has 5 heteroatoms. The normalized spacial score (nSPS) is 30.7. The number of hydrogen-bond donors (Lipinski definition) is 2. The Morgan fingerprint density at radius 1 is 1.44 bits per heavy atom. The SMILES string of the molecule is CCC1NC(=O)N(CC2CCCNC2)C1=O. The zero-order valence-corrected chi connectivity index (χ0v) is 9.66. The maximum atomic E-state index is 11.8. The van der Waals surface area contributed by atoms with Crippen LogP contribution in [0.1, 0.15) is 26.2 Å². The topological polar surface area (TPSA) is 61.4 Å². The molecule has 0 aliphatic carbocycles. The Hall–Kier alpha value is -1.10. The number of hydrogen-bond acceptors (Lipinski definition) is 3. The molecule has 2 fully saturated rings. The highest BCUT2D eigenvalue weighted by atomic mass is 16.2. The summed E-state index contributed by atoms with van der Waals surface area (Å²) in [5, 5.41) is 6.00. The van der Waals surface area contributed by atoms with Crippen LogP contribution in [-0.2, 0) is 4.79 Å². The van der Waals surface area contributed by atoms with Crippen molar-refractivity contribution in [1.82, 2.24) is 15.5 Å². The maximum absolute atomic E-state index is 11.8. The second-order valence-electron chi connectivity index (χ2n) is 4.57. The number of piperidine rings is 1. The number of rotatable bonds is 3. The molecular formula is C11H19N3O2. The smallest absolute Gasteiger partial charge is 0.324 e. The molecule has 0 bridgehead atoms. The fourth-order valence-corrected chi connectivity index (χ4v) is 2.36. The Morgan fingerprint density at radius 2 is 2.25 bits per heavy atom. The van der Waals surface area contributed by atoms with E-state index in [1.165, 1.54) is 4.90 Å². The molecule has 0 aromatic rings. The van der Waals surface area contributed by atoms with Crippen molar-refractivity contribution in [3.63, 3.8) is 0 Å². The van der Waals surface area contributed by atoms with Gasteiger partial charge in [0.05, 0.1) is 0 Å². The summed E-state index contributed by atoms with van der Waals surface area (Å²) in [5.74, 6) is 0.358. The minimum absolute atomic E-state index is 0.0573. The first-order chi connectivity index (χ1) is 7.72. The molecule has 2 aliphatic rings. The van der Waals surface area contributed by atoms with Crippen molar-refractivity contribution in [3.05, 3.63) is 0 Å². The van der Waals surface area contributed by atoms with Crippen LogP contribution in [0.25, 0.3) is 0 Å². The minimum Gasteiger partial charge on any atom is -0.326 e. The Bertz CT molecular complexity index is 287. The van der Waals surface area contributed by atoms with Gasteiger partial charge in [-0.05, 0) is 38.3 Å². The van der Waals surface area contributed by atoms with E-state index in [2.05, 4.69) is 10.6 Å². The van der Waals surface area contributed by atoms with Crippen LogP contribution in [0, 0.1) is 5.92 Å². The van der Waals surface area contributed by atoms with Crippen LogP contribution in [0.3, 0.4) is 0 Å². The Kier molecular flexibility index (Phi) is 3.43. The van der Waals surface area contributed by atoms with E-state index in [0.717, 1.165) is 25.9 Å². The largest absolute Gasteiger partial charge is 0.326 e. The standard InChI is InChI=1S/C11H19N3O2/c1-2-9-10(15)14(11(16)13-9)7-8-4-3-5-12-6-8/h8-9,12H,2-7H2,1H3,(H,13,16). The van der Waals surface area contributed by atoms with Crippen molar-refractivity contribution in [2.45, 2.75) is 32.2 Å². The van der Waals surface area contributed by atoms with Gasteiger partial charge in [0.1, 0.15) is 6.04 Å². The summed E-state index contributed by atoms with van der Waals surface area (Å²) in [6.07, 6.45) is 2.90. The van der Waals surface area contributed by atoms with Gasteiger partial charge in [-0.1, -0.05) is 6.92 Å². The van der Waals surface area contributed by atoms with Crippen molar-refractivity contribution < 1.29 is 9.59 Å². The molecule has 2 unspecified atom stereocenters. The summed E-state index contributed by atoms with van der Waals surface area (Å²) < 4.78 is 0. The summed E-state index contributed by atoms with van der Waals surface area (Å²) in [6.45, 7) is 4.44. The molecule has 2 N–H and O–H groups in total. The second-order valence-corrected chi connectivity index (χ2v) is 4.57. The predicted molar refractivity (Wildman–Crippen MR) is 59.9 cm³/mol. The van der Waals surface area contributed by atoms with Gasteiger partial charge in [-0.25, -0.2) is 4.79 Å². The lowest BCUT2D eigenvalue weighted by Gasteiger charge is -2.25. The lowest BCUT2D eigenvalue weighted by atomic mass is 9.99. The van der Waals surface area contributed by atoms with E-state index in [4.69, 9.17) is 0 Å². The molecule has 2 saturated heterocycles. The van der Waals surface area contributed by atoms with Crippen LogP contribution in [0.5, 0.6) is 0 Å². The molecule has 16 heavy (non-hydrogen) atoms. The second kappa shape index (κ2) is 4.82. The third-order valence-corrected chi connectivity index (χ3v) is 3.35. The average Bonchev–Trinajstić information content (AvgIpc) is 2.58. The van der Waals surface area contributed by atoms with Gasteiger partial charge in [-0.2, -0.15) is 0 Å². The van der Waals surface area contributed by atoms with Crippen molar-refractivity contribution in [2.75, 3.05) is 19.6 Å². The number of imide groups is 1. The highest BCUT2D eigenvalue weighted by Gasteiger charge is 2.37. The zero-order chi connectivity index (χ0) is 11.5. The first-order valence-corrected chi connectivity index (χ1v) is 6.05. The minimum atomic E-state index is -0.302. The predicted octanol–water partition coefficient (Wildman–Crippen LogP) is 0.316. The van der Waals surface area contributed by atoms with Gasteiger partial charge >= 0.3 is 6.03 Å². The summed E-state index contributed by atoms with van der Waals surface area (Å²) in [4.78, 5) is 24.8. The first kappa shape index (κ1) is 11.4. The van der Waals surface area contributed by atoms with Gasteiger partial charge in [-0.3, -0.25) is 9.69 Å². The van der Waals surface area contributed by atoms with Crippen LogP contribution in [0.15, 0.2) is 0 Å².